The molecule has 0 aliphatic heterocycles. The minimum Gasteiger partial charge on any atom is -0.494 e. The number of ether oxygens (including phenoxy) is 2. The second kappa shape index (κ2) is 8.57. The van der Waals surface area contributed by atoms with Crippen molar-refractivity contribution in [1.82, 2.24) is 5.32 Å². The largest absolute Gasteiger partial charge is 0.494 e. The van der Waals surface area contributed by atoms with Crippen LogP contribution in [0.25, 0.3) is 11.1 Å². The number of hydrogen-bond donors (Lipinski definition) is 1. The molecule has 1 N–H and O–H groups in total. The Bertz CT molecular complexity index is 786. The second-order valence-electron chi connectivity index (χ2n) is 5.51. The first-order valence-corrected chi connectivity index (χ1v) is 8.05. The summed E-state index contributed by atoms with van der Waals surface area (Å²) in [5, 5.41) is 1.65. The molecule has 0 spiro atoms. The quantitative estimate of drug-likeness (QED) is 0.777. The van der Waals surface area contributed by atoms with E-state index in [4.69, 9.17) is 4.74 Å². The Kier molecular flexibility index (Phi) is 6.44. The molecule has 2 aromatic carbocycles. The number of carbonyl (C=O) groups excluding carboxylic acids is 2. The number of methoxy groups -OCH3 is 1. The zero-order valence-corrected chi connectivity index (χ0v) is 14.7. The minimum atomic E-state index is -4.95. The molecule has 0 aliphatic rings. The van der Waals surface area contributed by atoms with E-state index in [1.165, 1.54) is 12.1 Å². The Morgan fingerprint density at radius 3 is 1.96 bits per heavy atom. The smallest absolute Gasteiger partial charge is 0.419 e. The molecule has 5 nitrogen and oxygen atoms in total. The van der Waals surface area contributed by atoms with Crippen LogP contribution in [0.15, 0.2) is 48.5 Å². The summed E-state index contributed by atoms with van der Waals surface area (Å²) in [7, 11) is 0.818. The molecule has 0 fully saturated rings. The summed E-state index contributed by atoms with van der Waals surface area (Å²) in [5.41, 5.74) is 1.62. The number of rotatable bonds is 6. The Balaban J connectivity index is 2.13. The van der Waals surface area contributed by atoms with Crippen molar-refractivity contribution in [2.45, 2.75) is 19.1 Å². The van der Waals surface area contributed by atoms with Crippen molar-refractivity contribution in [3.8, 4) is 16.9 Å². The van der Waals surface area contributed by atoms with Crippen LogP contribution in [0.1, 0.15) is 17.3 Å². The molecular weight excluding hydrogens is 363 g/mol. The zero-order valence-electron chi connectivity index (χ0n) is 14.7. The monoisotopic (exact) mass is 381 g/mol. The maximum absolute atomic E-state index is 12.9. The van der Waals surface area contributed by atoms with Crippen molar-refractivity contribution in [2.24, 2.45) is 0 Å². The SMILES string of the molecule is CCOc1ccc(-c2ccc(C(=O)NC(C(=O)OC)C(F)(F)F)cc2)cc1. The third-order valence-corrected chi connectivity index (χ3v) is 3.69. The lowest BCUT2D eigenvalue weighted by atomic mass is 10.0. The van der Waals surface area contributed by atoms with Gasteiger partial charge in [-0.3, -0.25) is 4.79 Å². The molecule has 1 unspecified atom stereocenters. The number of nitrogens with one attached hydrogen (secondary N) is 1. The van der Waals surface area contributed by atoms with E-state index in [2.05, 4.69) is 4.74 Å². The fourth-order valence-corrected chi connectivity index (χ4v) is 2.33. The number of carbonyl (C=O) groups is 2. The molecule has 2 rings (SSSR count). The van der Waals surface area contributed by atoms with Crippen molar-refractivity contribution in [2.75, 3.05) is 13.7 Å². The van der Waals surface area contributed by atoms with Crippen molar-refractivity contribution in [1.29, 1.82) is 0 Å². The van der Waals surface area contributed by atoms with Gasteiger partial charge in [0.2, 0.25) is 6.04 Å². The molecule has 8 heteroatoms. The number of esters is 1. The predicted molar refractivity (Wildman–Crippen MR) is 92.4 cm³/mol. The third kappa shape index (κ3) is 5.22. The van der Waals surface area contributed by atoms with Crippen LogP contribution in [0.4, 0.5) is 13.2 Å². The molecule has 0 saturated heterocycles. The van der Waals surface area contributed by atoms with Crippen LogP contribution in [0.2, 0.25) is 0 Å². The van der Waals surface area contributed by atoms with Crippen LogP contribution in [0, 0.1) is 0 Å². The van der Waals surface area contributed by atoms with Crippen LogP contribution in [0.3, 0.4) is 0 Å². The number of benzene rings is 2. The molecule has 0 saturated carbocycles. The van der Waals surface area contributed by atoms with Gasteiger partial charge in [0.05, 0.1) is 13.7 Å². The van der Waals surface area contributed by atoms with Gasteiger partial charge in [0.25, 0.3) is 5.91 Å². The van der Waals surface area contributed by atoms with Crippen LogP contribution in [0.5, 0.6) is 5.75 Å². The highest BCUT2D eigenvalue weighted by Gasteiger charge is 2.47. The molecular formula is C19H18F3NO4. The van der Waals surface area contributed by atoms with E-state index < -0.39 is 24.1 Å². The fourth-order valence-electron chi connectivity index (χ4n) is 2.33. The number of halogens is 3. The first-order valence-electron chi connectivity index (χ1n) is 8.05. The average Bonchev–Trinajstić information content (AvgIpc) is 2.65. The lowest BCUT2D eigenvalue weighted by Crippen LogP contribution is -2.51. The van der Waals surface area contributed by atoms with Crippen molar-refractivity contribution in [3.63, 3.8) is 0 Å². The van der Waals surface area contributed by atoms with Gasteiger partial charge in [-0.25, -0.2) is 4.79 Å². The maximum atomic E-state index is 12.9. The van der Waals surface area contributed by atoms with Gasteiger partial charge in [0, 0.05) is 5.56 Å². The Hall–Kier alpha value is -3.03. The summed E-state index contributed by atoms with van der Waals surface area (Å²) in [6, 6.07) is 10.5. The summed E-state index contributed by atoms with van der Waals surface area (Å²) < 4.78 is 48.1. The van der Waals surface area contributed by atoms with Gasteiger partial charge < -0.3 is 14.8 Å². The number of hydrogen-bond acceptors (Lipinski definition) is 4. The molecule has 0 bridgehead atoms. The Labute approximate surface area is 154 Å². The van der Waals surface area contributed by atoms with E-state index >= 15 is 0 Å². The van der Waals surface area contributed by atoms with Gasteiger partial charge in [-0.05, 0) is 42.3 Å². The molecule has 0 aliphatic carbocycles. The third-order valence-electron chi connectivity index (χ3n) is 3.69. The lowest BCUT2D eigenvalue weighted by Gasteiger charge is -2.19. The molecule has 2 aromatic rings. The molecule has 1 amide bonds. The first-order chi connectivity index (χ1) is 12.8. The van der Waals surface area contributed by atoms with E-state index in [0.717, 1.165) is 24.0 Å². The van der Waals surface area contributed by atoms with Crippen LogP contribution < -0.4 is 10.1 Å². The highest BCUT2D eigenvalue weighted by Crippen LogP contribution is 2.24. The average molecular weight is 381 g/mol. The van der Waals surface area contributed by atoms with Gasteiger partial charge in [-0.2, -0.15) is 13.2 Å². The first kappa shape index (κ1) is 20.3. The summed E-state index contributed by atoms with van der Waals surface area (Å²) in [4.78, 5) is 23.3. The van der Waals surface area contributed by atoms with Crippen LogP contribution >= 0.6 is 0 Å². The number of alkyl halides is 3. The van der Waals surface area contributed by atoms with Gasteiger partial charge in [0.1, 0.15) is 5.75 Å². The van der Waals surface area contributed by atoms with Crippen LogP contribution in [-0.2, 0) is 9.53 Å². The summed E-state index contributed by atoms with van der Waals surface area (Å²) >= 11 is 0. The highest BCUT2D eigenvalue weighted by atomic mass is 19.4. The minimum absolute atomic E-state index is 0.0113. The molecule has 0 aromatic heterocycles. The van der Waals surface area contributed by atoms with E-state index in [1.54, 1.807) is 29.6 Å². The van der Waals surface area contributed by atoms with Gasteiger partial charge in [-0.1, -0.05) is 24.3 Å². The van der Waals surface area contributed by atoms with E-state index in [1.807, 2.05) is 19.1 Å². The molecule has 144 valence electrons. The summed E-state index contributed by atoms with van der Waals surface area (Å²) in [6.45, 7) is 2.43. The Morgan fingerprint density at radius 1 is 1.00 bits per heavy atom. The molecule has 1 atom stereocenters. The van der Waals surface area contributed by atoms with Crippen molar-refractivity contribution in [3.05, 3.63) is 54.1 Å². The summed E-state index contributed by atoms with van der Waals surface area (Å²) in [5.74, 6) is -1.89. The van der Waals surface area contributed by atoms with E-state index in [9.17, 15) is 22.8 Å². The second-order valence-corrected chi connectivity index (χ2v) is 5.51. The van der Waals surface area contributed by atoms with Crippen molar-refractivity contribution >= 4 is 11.9 Å². The lowest BCUT2D eigenvalue weighted by molar-refractivity contribution is -0.180. The fraction of sp³-hybridized carbons (Fsp3) is 0.263. The predicted octanol–water partition coefficient (Wildman–Crippen LogP) is 3.59. The highest BCUT2D eigenvalue weighted by molar-refractivity contribution is 5.97. The molecule has 0 heterocycles. The number of amides is 1. The van der Waals surface area contributed by atoms with Gasteiger partial charge in [-0.15, -0.1) is 0 Å². The molecule has 27 heavy (non-hydrogen) atoms. The normalized spacial score (nSPS) is 12.2. The standard InChI is InChI=1S/C19H18F3NO4/c1-3-27-15-10-8-13(9-11-15)12-4-6-14(7-5-12)17(24)23-16(18(25)26-2)19(20,21)22/h4-11,16H,3H2,1-2H3,(H,23,24). The van der Waals surface area contributed by atoms with Gasteiger partial charge >= 0.3 is 12.1 Å². The molecule has 0 radical (unpaired) electrons. The van der Waals surface area contributed by atoms with Crippen molar-refractivity contribution < 1.29 is 32.2 Å². The maximum Gasteiger partial charge on any atom is 0.419 e. The van der Waals surface area contributed by atoms with E-state index in [0.29, 0.717) is 6.61 Å². The van der Waals surface area contributed by atoms with Gasteiger partial charge in [0.15, 0.2) is 0 Å². The van der Waals surface area contributed by atoms with Crippen LogP contribution in [-0.4, -0.2) is 37.8 Å². The summed E-state index contributed by atoms with van der Waals surface area (Å²) in [6.07, 6.45) is -4.95. The Morgan fingerprint density at radius 2 is 1.52 bits per heavy atom. The zero-order chi connectivity index (χ0) is 20.0. The topological polar surface area (TPSA) is 64.6 Å². The van der Waals surface area contributed by atoms with E-state index in [-0.39, 0.29) is 5.56 Å².